The zero-order valence-electron chi connectivity index (χ0n) is 34.2. The summed E-state index contributed by atoms with van der Waals surface area (Å²) in [6.07, 6.45) is 14.2. The van der Waals surface area contributed by atoms with E-state index in [4.69, 9.17) is 19.7 Å². The van der Waals surface area contributed by atoms with Crippen LogP contribution < -0.4 is 4.74 Å². The van der Waals surface area contributed by atoms with Gasteiger partial charge in [-0.2, -0.15) is 0 Å². The lowest BCUT2D eigenvalue weighted by molar-refractivity contribution is 0.232. The number of phenolic OH excluding ortho intramolecular Hbond substituents is 1. The van der Waals surface area contributed by atoms with E-state index in [1.165, 1.54) is 89.4 Å². The van der Waals surface area contributed by atoms with Gasteiger partial charge in [-0.25, -0.2) is 15.0 Å². The molecule has 0 amide bonds. The number of rotatable bonds is 19. The van der Waals surface area contributed by atoms with E-state index < -0.39 is 0 Å². The van der Waals surface area contributed by atoms with Crippen molar-refractivity contribution in [2.75, 3.05) is 6.61 Å². The fourth-order valence-corrected chi connectivity index (χ4v) is 8.52. The van der Waals surface area contributed by atoms with Crippen molar-refractivity contribution in [2.24, 2.45) is 11.8 Å². The highest BCUT2D eigenvalue weighted by Crippen LogP contribution is 2.40. The van der Waals surface area contributed by atoms with E-state index in [-0.39, 0.29) is 5.75 Å². The minimum atomic E-state index is 0.0953. The molecule has 0 fully saturated rings. The van der Waals surface area contributed by atoms with Gasteiger partial charge >= 0.3 is 0 Å². The number of aromatic nitrogens is 3. The van der Waals surface area contributed by atoms with Crippen molar-refractivity contribution in [2.45, 2.75) is 112 Å². The van der Waals surface area contributed by atoms with Gasteiger partial charge in [-0.15, -0.1) is 0 Å². The topological polar surface area (TPSA) is 68.1 Å². The van der Waals surface area contributed by atoms with Gasteiger partial charge in [0, 0.05) is 17.2 Å². The molecule has 6 aromatic carbocycles. The maximum Gasteiger partial charge on any atom is 0.167 e. The molecule has 1 aromatic heterocycles. The maximum atomic E-state index is 11.5. The average molecular weight is 746 g/mol. The molecule has 0 spiro atoms. The standard InChI is InChI=1S/C51H59N3O2/c1-6-11-15-34(8-3)17-13-18-36-21-27-42(37(10-5)31-36)49-52-50(44-29-25-40-23-22-38-19-14-20-39-24-28-43(44)48(40)47(38)39)54-51(53-49)45-30-26-41(32-46(45)55)56-33-35(9-4)16-12-7-2/h14,19-32,34-35,55H,6-13,15-18,33H2,1-5H3. The van der Waals surface area contributed by atoms with Gasteiger partial charge in [0.15, 0.2) is 17.5 Å². The largest absolute Gasteiger partial charge is 0.507 e. The Morgan fingerprint density at radius 3 is 1.84 bits per heavy atom. The molecule has 0 saturated carbocycles. The van der Waals surface area contributed by atoms with E-state index in [0.29, 0.717) is 41.3 Å². The summed E-state index contributed by atoms with van der Waals surface area (Å²) in [5, 5.41) is 18.7. The molecular formula is C51H59N3O2. The Balaban J connectivity index is 1.29. The quantitative estimate of drug-likeness (QED) is 0.0835. The molecule has 0 radical (unpaired) electrons. The summed E-state index contributed by atoms with van der Waals surface area (Å²) in [6.45, 7) is 11.9. The van der Waals surface area contributed by atoms with Crippen LogP contribution in [-0.2, 0) is 12.8 Å². The third-order valence-corrected chi connectivity index (χ3v) is 12.1. The molecule has 7 rings (SSSR count). The molecule has 5 nitrogen and oxygen atoms in total. The van der Waals surface area contributed by atoms with Crippen molar-refractivity contribution in [1.82, 2.24) is 15.0 Å². The summed E-state index contributed by atoms with van der Waals surface area (Å²) >= 11 is 0. The van der Waals surface area contributed by atoms with Crippen molar-refractivity contribution >= 4 is 32.3 Å². The molecule has 0 aliphatic heterocycles. The first kappa shape index (κ1) is 39.2. The zero-order chi connectivity index (χ0) is 39.0. The van der Waals surface area contributed by atoms with E-state index in [9.17, 15) is 5.11 Å². The number of unbranched alkanes of at least 4 members (excludes halogenated alkanes) is 2. The number of hydrogen-bond donors (Lipinski definition) is 1. The normalized spacial score (nSPS) is 12.9. The third-order valence-electron chi connectivity index (χ3n) is 12.1. The summed E-state index contributed by atoms with van der Waals surface area (Å²) in [4.78, 5) is 15.5. The highest BCUT2D eigenvalue weighted by atomic mass is 16.5. The van der Waals surface area contributed by atoms with E-state index in [0.717, 1.165) is 48.1 Å². The smallest absolute Gasteiger partial charge is 0.167 e. The number of benzene rings is 6. The second kappa shape index (κ2) is 18.3. The van der Waals surface area contributed by atoms with Gasteiger partial charge in [-0.05, 0) is 99.2 Å². The van der Waals surface area contributed by atoms with E-state index in [2.05, 4.69) is 107 Å². The second-order valence-corrected chi connectivity index (χ2v) is 15.8. The zero-order valence-corrected chi connectivity index (χ0v) is 34.2. The number of ether oxygens (including phenoxy) is 1. The molecule has 0 aliphatic carbocycles. The Labute approximate surface area is 333 Å². The van der Waals surface area contributed by atoms with Crippen molar-refractivity contribution in [3.05, 3.63) is 102 Å². The maximum absolute atomic E-state index is 11.5. The second-order valence-electron chi connectivity index (χ2n) is 15.8. The highest BCUT2D eigenvalue weighted by molar-refractivity contribution is 6.25. The van der Waals surface area contributed by atoms with Crippen LogP contribution in [0.2, 0.25) is 0 Å². The summed E-state index contributed by atoms with van der Waals surface area (Å²) < 4.78 is 6.21. The van der Waals surface area contributed by atoms with Crippen LogP contribution in [0.5, 0.6) is 11.5 Å². The van der Waals surface area contributed by atoms with E-state index >= 15 is 0 Å². The predicted octanol–water partition coefficient (Wildman–Crippen LogP) is 14.2. The molecule has 1 N–H and O–H groups in total. The molecule has 290 valence electrons. The number of aryl methyl sites for hydroxylation is 2. The highest BCUT2D eigenvalue weighted by Gasteiger charge is 2.20. The predicted molar refractivity (Wildman–Crippen MR) is 236 cm³/mol. The molecule has 2 atom stereocenters. The van der Waals surface area contributed by atoms with Crippen LogP contribution in [0, 0.1) is 11.8 Å². The monoisotopic (exact) mass is 745 g/mol. The van der Waals surface area contributed by atoms with Crippen LogP contribution in [0.3, 0.4) is 0 Å². The number of phenols is 1. The third kappa shape index (κ3) is 8.53. The van der Waals surface area contributed by atoms with Gasteiger partial charge in [0.1, 0.15) is 11.5 Å². The van der Waals surface area contributed by atoms with Gasteiger partial charge in [-0.3, -0.25) is 0 Å². The molecule has 1 heterocycles. The van der Waals surface area contributed by atoms with Gasteiger partial charge in [0.2, 0.25) is 0 Å². The van der Waals surface area contributed by atoms with Crippen molar-refractivity contribution < 1.29 is 9.84 Å². The Morgan fingerprint density at radius 2 is 1.16 bits per heavy atom. The molecule has 7 aromatic rings. The van der Waals surface area contributed by atoms with Gasteiger partial charge < -0.3 is 9.84 Å². The fourth-order valence-electron chi connectivity index (χ4n) is 8.52. The van der Waals surface area contributed by atoms with Gasteiger partial charge in [0.05, 0.1) is 12.2 Å². The summed E-state index contributed by atoms with van der Waals surface area (Å²) in [7, 11) is 0. The lowest BCUT2D eigenvalue weighted by Gasteiger charge is -2.17. The van der Waals surface area contributed by atoms with Gasteiger partial charge in [-0.1, -0.05) is 153 Å². The van der Waals surface area contributed by atoms with Crippen LogP contribution in [-0.4, -0.2) is 26.7 Å². The van der Waals surface area contributed by atoms with Crippen molar-refractivity contribution in [3.8, 4) is 45.7 Å². The summed E-state index contributed by atoms with van der Waals surface area (Å²) in [6, 6.07) is 32.0. The lowest BCUT2D eigenvalue weighted by Crippen LogP contribution is -2.11. The molecule has 2 unspecified atom stereocenters. The Morgan fingerprint density at radius 1 is 0.571 bits per heavy atom. The van der Waals surface area contributed by atoms with Crippen LogP contribution in [0.15, 0.2) is 91.0 Å². The van der Waals surface area contributed by atoms with Gasteiger partial charge in [0.25, 0.3) is 0 Å². The molecular weight excluding hydrogens is 687 g/mol. The minimum absolute atomic E-state index is 0.0953. The van der Waals surface area contributed by atoms with E-state index in [1.54, 1.807) is 6.07 Å². The number of nitrogens with zero attached hydrogens (tertiary/aromatic N) is 3. The molecule has 5 heteroatoms. The van der Waals surface area contributed by atoms with E-state index in [1.807, 2.05) is 12.1 Å². The SMILES string of the molecule is CCCCC(CC)CCCc1ccc(-c2nc(-c3ccc(OCC(CC)CCCC)cc3O)nc(-c3ccc4ccc5cccc6ccc3c4c56)n2)c(CC)c1. The minimum Gasteiger partial charge on any atom is -0.507 e. The summed E-state index contributed by atoms with van der Waals surface area (Å²) in [5.74, 6) is 3.71. The van der Waals surface area contributed by atoms with Crippen molar-refractivity contribution in [1.29, 1.82) is 0 Å². The Hall–Kier alpha value is -5.03. The first-order valence-electron chi connectivity index (χ1n) is 21.5. The average Bonchev–Trinajstić information content (AvgIpc) is 3.23. The Kier molecular flexibility index (Phi) is 12.8. The lowest BCUT2D eigenvalue weighted by atomic mass is 9.91. The summed E-state index contributed by atoms with van der Waals surface area (Å²) in [5.41, 5.74) is 5.10. The molecule has 0 aliphatic rings. The fraction of sp³-hybridized carbons (Fsp3) is 0.392. The molecule has 56 heavy (non-hydrogen) atoms. The molecule has 0 bridgehead atoms. The van der Waals surface area contributed by atoms with Crippen LogP contribution in [0.25, 0.3) is 66.5 Å². The first-order valence-corrected chi connectivity index (χ1v) is 21.5. The molecule has 0 saturated heterocycles. The first-order chi connectivity index (χ1) is 27.4. The van der Waals surface area contributed by atoms with Crippen molar-refractivity contribution in [3.63, 3.8) is 0 Å². The van der Waals surface area contributed by atoms with Crippen LogP contribution >= 0.6 is 0 Å². The number of hydrogen-bond acceptors (Lipinski definition) is 5. The van der Waals surface area contributed by atoms with Crippen LogP contribution in [0.4, 0.5) is 0 Å². The number of aromatic hydroxyl groups is 1. The Bertz CT molecular complexity index is 2370. The van der Waals surface area contributed by atoms with Crippen LogP contribution in [0.1, 0.15) is 110 Å².